The highest BCUT2D eigenvalue weighted by Crippen LogP contribution is 2.16. The van der Waals surface area contributed by atoms with Crippen molar-refractivity contribution in [2.45, 2.75) is 13.3 Å². The molecular weight excluding hydrogens is 239 g/mol. The molecule has 0 aromatic heterocycles. The van der Waals surface area contributed by atoms with Crippen LogP contribution in [0.4, 0.5) is 10.1 Å². The molecule has 1 rings (SSSR count). The molecule has 1 aromatic rings. The van der Waals surface area contributed by atoms with E-state index in [2.05, 4.69) is 5.32 Å². The number of hydrogen-bond donors (Lipinski definition) is 3. The summed E-state index contributed by atoms with van der Waals surface area (Å²) in [5.74, 6) is -2.34. The summed E-state index contributed by atoms with van der Waals surface area (Å²) in [6, 6.07) is 3.32. The number of amides is 1. The van der Waals surface area contributed by atoms with Crippen LogP contribution in [-0.2, 0) is 4.79 Å². The van der Waals surface area contributed by atoms with Gasteiger partial charge >= 0.3 is 5.97 Å². The van der Waals surface area contributed by atoms with Crippen LogP contribution >= 0.6 is 0 Å². The van der Waals surface area contributed by atoms with Gasteiger partial charge in [0.1, 0.15) is 5.82 Å². The molecule has 0 aliphatic rings. The minimum Gasteiger partial charge on any atom is -0.478 e. The first-order valence-electron chi connectivity index (χ1n) is 5.46. The summed E-state index contributed by atoms with van der Waals surface area (Å²) in [7, 11) is 0. The number of nitrogens with two attached hydrogens (primary N) is 1. The highest BCUT2D eigenvalue weighted by molar-refractivity contribution is 5.92. The van der Waals surface area contributed by atoms with Gasteiger partial charge < -0.3 is 16.2 Å². The summed E-state index contributed by atoms with van der Waals surface area (Å²) in [6.07, 6.45) is 0.191. The van der Waals surface area contributed by atoms with Gasteiger partial charge in [-0.25, -0.2) is 9.18 Å². The molecule has 98 valence electrons. The lowest BCUT2D eigenvalue weighted by molar-refractivity contribution is -0.116. The van der Waals surface area contributed by atoms with Gasteiger partial charge in [0.25, 0.3) is 0 Å². The van der Waals surface area contributed by atoms with Gasteiger partial charge in [0.15, 0.2) is 0 Å². The third-order valence-corrected chi connectivity index (χ3v) is 2.43. The van der Waals surface area contributed by atoms with E-state index in [4.69, 9.17) is 10.8 Å². The predicted molar refractivity (Wildman–Crippen MR) is 64.8 cm³/mol. The molecule has 0 aliphatic heterocycles. The molecule has 1 unspecified atom stereocenters. The number of benzene rings is 1. The van der Waals surface area contributed by atoms with Crippen LogP contribution < -0.4 is 11.1 Å². The molecule has 18 heavy (non-hydrogen) atoms. The lowest BCUT2D eigenvalue weighted by Gasteiger charge is -2.10. The Balaban J connectivity index is 2.74. The topological polar surface area (TPSA) is 92.4 Å². The van der Waals surface area contributed by atoms with Crippen molar-refractivity contribution in [3.05, 3.63) is 29.6 Å². The minimum atomic E-state index is -1.22. The van der Waals surface area contributed by atoms with Crippen LogP contribution in [-0.4, -0.2) is 23.5 Å². The third kappa shape index (κ3) is 3.81. The zero-order chi connectivity index (χ0) is 13.7. The maximum absolute atomic E-state index is 13.5. The summed E-state index contributed by atoms with van der Waals surface area (Å²) in [5, 5.41) is 11.0. The second kappa shape index (κ2) is 6.11. The highest BCUT2D eigenvalue weighted by atomic mass is 19.1. The van der Waals surface area contributed by atoms with Crippen LogP contribution in [0.3, 0.4) is 0 Å². The van der Waals surface area contributed by atoms with Gasteiger partial charge in [-0.15, -0.1) is 0 Å². The standard InChI is InChI=1S/C12H15FN2O3/c1-7(6-14)4-11(16)15-10-3-2-8(12(17)18)5-9(10)13/h2-3,5,7H,4,6,14H2,1H3,(H,15,16)(H,17,18). The van der Waals surface area contributed by atoms with Gasteiger partial charge in [0.05, 0.1) is 11.3 Å². The molecule has 0 bridgehead atoms. The van der Waals surface area contributed by atoms with Crippen molar-refractivity contribution in [1.82, 2.24) is 0 Å². The third-order valence-electron chi connectivity index (χ3n) is 2.43. The minimum absolute atomic E-state index is 0.00588. The molecule has 1 atom stereocenters. The molecule has 5 nitrogen and oxygen atoms in total. The van der Waals surface area contributed by atoms with Crippen molar-refractivity contribution >= 4 is 17.6 Å². The Morgan fingerprint density at radius 3 is 2.67 bits per heavy atom. The van der Waals surface area contributed by atoms with Crippen LogP contribution in [0.2, 0.25) is 0 Å². The first-order chi connectivity index (χ1) is 8.43. The fraction of sp³-hybridized carbons (Fsp3) is 0.333. The van der Waals surface area contributed by atoms with E-state index in [0.717, 1.165) is 6.07 Å². The van der Waals surface area contributed by atoms with Crippen molar-refractivity contribution in [2.75, 3.05) is 11.9 Å². The number of aromatic carboxylic acids is 1. The van der Waals surface area contributed by atoms with Crippen molar-refractivity contribution in [3.8, 4) is 0 Å². The van der Waals surface area contributed by atoms with E-state index in [1.54, 1.807) is 0 Å². The average Bonchev–Trinajstić information content (AvgIpc) is 2.31. The number of carboxylic acids is 1. The monoisotopic (exact) mass is 254 g/mol. The predicted octanol–water partition coefficient (Wildman–Crippen LogP) is 1.45. The van der Waals surface area contributed by atoms with Gasteiger partial charge in [0, 0.05) is 6.42 Å². The van der Waals surface area contributed by atoms with E-state index in [1.807, 2.05) is 6.92 Å². The van der Waals surface area contributed by atoms with Crippen molar-refractivity contribution in [3.63, 3.8) is 0 Å². The second-order valence-corrected chi connectivity index (χ2v) is 4.09. The number of anilines is 1. The number of carbonyl (C=O) groups is 2. The summed E-state index contributed by atoms with van der Waals surface area (Å²) >= 11 is 0. The lowest BCUT2D eigenvalue weighted by Crippen LogP contribution is -2.20. The van der Waals surface area contributed by atoms with Gasteiger partial charge in [0.2, 0.25) is 5.91 Å². The largest absolute Gasteiger partial charge is 0.478 e. The maximum atomic E-state index is 13.5. The van der Waals surface area contributed by atoms with Crippen LogP contribution in [0.25, 0.3) is 0 Å². The Kier molecular flexibility index (Phi) is 4.79. The highest BCUT2D eigenvalue weighted by Gasteiger charge is 2.12. The van der Waals surface area contributed by atoms with Crippen molar-refractivity contribution in [2.24, 2.45) is 11.7 Å². The van der Waals surface area contributed by atoms with Crippen LogP contribution in [0.1, 0.15) is 23.7 Å². The van der Waals surface area contributed by atoms with Crippen LogP contribution in [0, 0.1) is 11.7 Å². The van der Waals surface area contributed by atoms with E-state index < -0.39 is 11.8 Å². The van der Waals surface area contributed by atoms with Gasteiger partial charge in [-0.05, 0) is 30.7 Å². The second-order valence-electron chi connectivity index (χ2n) is 4.09. The molecule has 1 aromatic carbocycles. The molecule has 0 aliphatic carbocycles. The maximum Gasteiger partial charge on any atom is 0.335 e. The number of hydrogen-bond acceptors (Lipinski definition) is 3. The molecule has 0 radical (unpaired) electrons. The van der Waals surface area contributed by atoms with Crippen molar-refractivity contribution in [1.29, 1.82) is 0 Å². The first kappa shape index (κ1) is 14.1. The van der Waals surface area contributed by atoms with E-state index in [0.29, 0.717) is 6.54 Å². The number of carbonyl (C=O) groups excluding carboxylic acids is 1. The number of carboxylic acid groups (broad SMARTS) is 1. The zero-order valence-electron chi connectivity index (χ0n) is 9.94. The van der Waals surface area contributed by atoms with Crippen LogP contribution in [0.15, 0.2) is 18.2 Å². The first-order valence-corrected chi connectivity index (χ1v) is 5.46. The molecule has 0 fully saturated rings. The molecule has 0 saturated carbocycles. The Morgan fingerprint density at radius 1 is 1.50 bits per heavy atom. The zero-order valence-corrected chi connectivity index (χ0v) is 9.94. The van der Waals surface area contributed by atoms with Crippen LogP contribution in [0.5, 0.6) is 0 Å². The number of halogens is 1. The molecule has 4 N–H and O–H groups in total. The normalized spacial score (nSPS) is 11.9. The lowest BCUT2D eigenvalue weighted by atomic mass is 10.1. The molecule has 0 saturated heterocycles. The SMILES string of the molecule is CC(CN)CC(=O)Nc1ccc(C(=O)O)cc1F. The van der Waals surface area contributed by atoms with E-state index >= 15 is 0 Å². The van der Waals surface area contributed by atoms with E-state index in [-0.39, 0.29) is 29.5 Å². The summed E-state index contributed by atoms with van der Waals surface area (Å²) in [4.78, 5) is 22.1. The molecule has 0 heterocycles. The summed E-state index contributed by atoms with van der Waals surface area (Å²) in [6.45, 7) is 2.18. The summed E-state index contributed by atoms with van der Waals surface area (Å²) < 4.78 is 13.5. The average molecular weight is 254 g/mol. The van der Waals surface area contributed by atoms with Gasteiger partial charge in [-0.1, -0.05) is 6.92 Å². The number of rotatable bonds is 5. The molecule has 1 amide bonds. The number of nitrogens with one attached hydrogen (secondary N) is 1. The molecule has 6 heteroatoms. The Morgan fingerprint density at radius 2 is 2.17 bits per heavy atom. The Hall–Kier alpha value is -1.95. The van der Waals surface area contributed by atoms with Gasteiger partial charge in [-0.3, -0.25) is 4.79 Å². The van der Waals surface area contributed by atoms with E-state index in [9.17, 15) is 14.0 Å². The Labute approximate surface area is 104 Å². The van der Waals surface area contributed by atoms with Gasteiger partial charge in [-0.2, -0.15) is 0 Å². The fourth-order valence-corrected chi connectivity index (χ4v) is 1.35. The van der Waals surface area contributed by atoms with Crippen molar-refractivity contribution < 1.29 is 19.1 Å². The van der Waals surface area contributed by atoms with E-state index in [1.165, 1.54) is 12.1 Å². The molecular formula is C12H15FN2O3. The fourth-order valence-electron chi connectivity index (χ4n) is 1.35. The quantitative estimate of drug-likeness (QED) is 0.741. The Bertz CT molecular complexity index is 463. The molecule has 0 spiro atoms. The smallest absolute Gasteiger partial charge is 0.335 e. The summed E-state index contributed by atoms with van der Waals surface area (Å²) in [5.41, 5.74) is 5.18.